The number of likely N-dealkylation sites (N-methyl/N-ethyl adjacent to an activating group) is 1. The van der Waals surface area contributed by atoms with Crippen LogP contribution in [-0.4, -0.2) is 90.6 Å². The Morgan fingerprint density at radius 2 is 1.81 bits per heavy atom. The fourth-order valence-electron chi connectivity index (χ4n) is 2.00. The van der Waals surface area contributed by atoms with Gasteiger partial charge >= 0.3 is 12.0 Å². The minimum absolute atomic E-state index is 0.00238. The van der Waals surface area contributed by atoms with Gasteiger partial charge in [0.1, 0.15) is 0 Å². The summed E-state index contributed by atoms with van der Waals surface area (Å²) in [4.78, 5) is 39.2. The van der Waals surface area contributed by atoms with Gasteiger partial charge < -0.3 is 20.2 Å². The maximum absolute atomic E-state index is 11.9. The van der Waals surface area contributed by atoms with Gasteiger partial charge in [-0.1, -0.05) is 0 Å². The molecule has 0 aliphatic carbocycles. The lowest BCUT2D eigenvalue weighted by molar-refractivity contribution is -0.137. The lowest BCUT2D eigenvalue weighted by atomic mass is 10.3. The van der Waals surface area contributed by atoms with Crippen LogP contribution < -0.4 is 5.32 Å². The Bertz CT molecular complexity index is 380. The van der Waals surface area contributed by atoms with E-state index in [4.69, 9.17) is 5.11 Å². The molecule has 21 heavy (non-hydrogen) atoms. The number of urea groups is 1. The van der Waals surface area contributed by atoms with Crippen molar-refractivity contribution >= 4 is 17.9 Å². The van der Waals surface area contributed by atoms with Gasteiger partial charge in [0.2, 0.25) is 5.91 Å². The van der Waals surface area contributed by atoms with E-state index in [-0.39, 0.29) is 24.9 Å². The first-order valence-electron chi connectivity index (χ1n) is 7.15. The highest BCUT2D eigenvalue weighted by Crippen LogP contribution is 2.02. The molecule has 120 valence electrons. The van der Waals surface area contributed by atoms with Gasteiger partial charge in [0.25, 0.3) is 0 Å². The summed E-state index contributed by atoms with van der Waals surface area (Å²) in [6, 6.07) is -0.245. The standard InChI is InChI=1S/C13H24N4O4/c1-3-15(2)11(18)10-14-13(21)17-8-6-16(7-9-17)5-4-12(19)20/h3-10H2,1-2H3,(H,14,21)(H,19,20). The number of aliphatic carboxylic acids is 1. The molecule has 0 saturated carbocycles. The molecule has 0 radical (unpaired) electrons. The molecule has 1 aliphatic heterocycles. The topological polar surface area (TPSA) is 93.2 Å². The molecule has 8 nitrogen and oxygen atoms in total. The summed E-state index contributed by atoms with van der Waals surface area (Å²) in [5.74, 6) is -0.931. The monoisotopic (exact) mass is 300 g/mol. The van der Waals surface area contributed by atoms with Gasteiger partial charge in [0.05, 0.1) is 13.0 Å². The van der Waals surface area contributed by atoms with E-state index in [0.717, 1.165) is 0 Å². The van der Waals surface area contributed by atoms with E-state index < -0.39 is 5.97 Å². The summed E-state index contributed by atoms with van der Waals surface area (Å²) >= 11 is 0. The molecule has 0 atom stereocenters. The molecule has 0 bridgehead atoms. The third-order valence-corrected chi connectivity index (χ3v) is 3.59. The van der Waals surface area contributed by atoms with E-state index in [0.29, 0.717) is 39.3 Å². The van der Waals surface area contributed by atoms with Gasteiger partial charge in [0, 0.05) is 46.3 Å². The Morgan fingerprint density at radius 3 is 2.33 bits per heavy atom. The first-order valence-corrected chi connectivity index (χ1v) is 7.15. The smallest absolute Gasteiger partial charge is 0.317 e. The van der Waals surface area contributed by atoms with Gasteiger partial charge in [-0.25, -0.2) is 4.79 Å². The molecular formula is C13H24N4O4. The van der Waals surface area contributed by atoms with Crippen molar-refractivity contribution in [2.45, 2.75) is 13.3 Å². The number of nitrogens with zero attached hydrogens (tertiary/aromatic N) is 3. The molecule has 0 aromatic carbocycles. The number of amides is 3. The van der Waals surface area contributed by atoms with E-state index in [9.17, 15) is 14.4 Å². The van der Waals surface area contributed by atoms with Crippen molar-refractivity contribution in [3.63, 3.8) is 0 Å². The molecule has 1 saturated heterocycles. The molecule has 0 aromatic rings. The fraction of sp³-hybridized carbons (Fsp3) is 0.769. The molecule has 3 amide bonds. The second-order valence-electron chi connectivity index (χ2n) is 5.04. The molecule has 1 heterocycles. The maximum Gasteiger partial charge on any atom is 0.317 e. The van der Waals surface area contributed by atoms with E-state index in [1.165, 1.54) is 0 Å². The van der Waals surface area contributed by atoms with E-state index in [1.54, 1.807) is 16.8 Å². The molecule has 2 N–H and O–H groups in total. The van der Waals surface area contributed by atoms with Crippen molar-refractivity contribution in [3.8, 4) is 0 Å². The Kier molecular flexibility index (Phi) is 6.93. The summed E-state index contributed by atoms with van der Waals surface area (Å²) in [5.41, 5.74) is 0. The van der Waals surface area contributed by atoms with Crippen molar-refractivity contribution in [1.82, 2.24) is 20.0 Å². The average molecular weight is 300 g/mol. The lowest BCUT2D eigenvalue weighted by Crippen LogP contribution is -2.53. The summed E-state index contributed by atoms with van der Waals surface area (Å²) in [6.45, 7) is 5.39. The third-order valence-electron chi connectivity index (χ3n) is 3.59. The largest absolute Gasteiger partial charge is 0.481 e. The van der Waals surface area contributed by atoms with Crippen LogP contribution >= 0.6 is 0 Å². The second kappa shape index (κ2) is 8.46. The van der Waals surface area contributed by atoms with Crippen LogP contribution in [0.5, 0.6) is 0 Å². The van der Waals surface area contributed by atoms with Gasteiger partial charge in [-0.05, 0) is 6.92 Å². The number of carbonyl (C=O) groups is 3. The first kappa shape index (κ1) is 17.2. The highest BCUT2D eigenvalue weighted by atomic mass is 16.4. The van der Waals surface area contributed by atoms with E-state index in [2.05, 4.69) is 5.32 Å². The molecule has 0 unspecified atom stereocenters. The van der Waals surface area contributed by atoms with Crippen molar-refractivity contribution in [2.24, 2.45) is 0 Å². The number of rotatable bonds is 6. The highest BCUT2D eigenvalue weighted by molar-refractivity contribution is 5.83. The number of nitrogens with one attached hydrogen (secondary N) is 1. The Balaban J connectivity index is 2.25. The number of piperazine rings is 1. The van der Waals surface area contributed by atoms with Crippen LogP contribution in [0.25, 0.3) is 0 Å². The Hall–Kier alpha value is -1.83. The minimum Gasteiger partial charge on any atom is -0.481 e. The van der Waals surface area contributed by atoms with Crippen LogP contribution in [-0.2, 0) is 9.59 Å². The Morgan fingerprint density at radius 1 is 1.19 bits per heavy atom. The van der Waals surface area contributed by atoms with Gasteiger partial charge in [-0.15, -0.1) is 0 Å². The van der Waals surface area contributed by atoms with Gasteiger partial charge in [-0.2, -0.15) is 0 Å². The zero-order valence-corrected chi connectivity index (χ0v) is 12.7. The molecule has 1 rings (SSSR count). The van der Waals surface area contributed by atoms with E-state index in [1.807, 2.05) is 11.8 Å². The van der Waals surface area contributed by atoms with Crippen molar-refractivity contribution in [1.29, 1.82) is 0 Å². The number of hydrogen-bond donors (Lipinski definition) is 2. The van der Waals surface area contributed by atoms with Crippen molar-refractivity contribution in [3.05, 3.63) is 0 Å². The number of carboxylic acids is 1. The minimum atomic E-state index is -0.811. The normalized spacial score (nSPS) is 15.6. The summed E-state index contributed by atoms with van der Waals surface area (Å²) in [6.07, 6.45) is 0.115. The molecular weight excluding hydrogens is 276 g/mol. The average Bonchev–Trinajstić information content (AvgIpc) is 2.49. The van der Waals surface area contributed by atoms with E-state index >= 15 is 0 Å². The molecule has 1 fully saturated rings. The van der Waals surface area contributed by atoms with Crippen LogP contribution in [0.3, 0.4) is 0 Å². The predicted octanol–water partition coefficient (Wildman–Crippen LogP) is -0.733. The highest BCUT2D eigenvalue weighted by Gasteiger charge is 2.21. The van der Waals surface area contributed by atoms with Crippen LogP contribution in [0.15, 0.2) is 0 Å². The number of carboxylic acid groups (broad SMARTS) is 1. The van der Waals surface area contributed by atoms with Crippen LogP contribution in [0.1, 0.15) is 13.3 Å². The third kappa shape index (κ3) is 5.99. The van der Waals surface area contributed by atoms with Crippen molar-refractivity contribution < 1.29 is 19.5 Å². The lowest BCUT2D eigenvalue weighted by Gasteiger charge is -2.34. The molecule has 8 heteroatoms. The quantitative estimate of drug-likeness (QED) is 0.674. The number of hydrogen-bond acceptors (Lipinski definition) is 4. The fourth-order valence-corrected chi connectivity index (χ4v) is 2.00. The SMILES string of the molecule is CCN(C)C(=O)CNC(=O)N1CCN(CCC(=O)O)CC1. The summed E-state index contributed by atoms with van der Waals surface area (Å²) < 4.78 is 0. The van der Waals surface area contributed by atoms with Crippen LogP contribution in [0.2, 0.25) is 0 Å². The molecule has 0 aromatic heterocycles. The van der Waals surface area contributed by atoms with Crippen LogP contribution in [0, 0.1) is 0 Å². The maximum atomic E-state index is 11.9. The molecule has 0 spiro atoms. The summed E-state index contributed by atoms with van der Waals surface area (Å²) in [5, 5.41) is 11.2. The summed E-state index contributed by atoms with van der Waals surface area (Å²) in [7, 11) is 1.69. The number of carbonyl (C=O) groups excluding carboxylic acids is 2. The zero-order chi connectivity index (χ0) is 15.8. The van der Waals surface area contributed by atoms with Gasteiger partial charge in [0.15, 0.2) is 0 Å². The molecule has 1 aliphatic rings. The van der Waals surface area contributed by atoms with Crippen LogP contribution in [0.4, 0.5) is 4.79 Å². The second-order valence-corrected chi connectivity index (χ2v) is 5.04. The Labute approximate surface area is 124 Å². The zero-order valence-electron chi connectivity index (χ0n) is 12.7. The van der Waals surface area contributed by atoms with Crippen molar-refractivity contribution in [2.75, 3.05) is 52.9 Å². The first-order chi connectivity index (χ1) is 9.93. The van der Waals surface area contributed by atoms with Gasteiger partial charge in [-0.3, -0.25) is 14.5 Å². The predicted molar refractivity (Wildman–Crippen MR) is 77.0 cm³/mol.